The average Bonchev–Trinajstić information content (AvgIpc) is 2.75. The summed E-state index contributed by atoms with van der Waals surface area (Å²) in [6, 6.07) is 6.05. The van der Waals surface area contributed by atoms with Crippen molar-refractivity contribution in [3.8, 4) is 6.07 Å². The zero-order valence-corrected chi connectivity index (χ0v) is 9.24. The van der Waals surface area contributed by atoms with Crippen molar-refractivity contribution in [3.63, 3.8) is 0 Å². The van der Waals surface area contributed by atoms with Gasteiger partial charge in [0.2, 0.25) is 0 Å². The first-order chi connectivity index (χ1) is 8.13. The lowest BCUT2D eigenvalue weighted by atomic mass is 10.0. The normalized spacial score (nSPS) is 23.4. The summed E-state index contributed by atoms with van der Waals surface area (Å²) in [6.45, 7) is 1.02. The van der Waals surface area contributed by atoms with Gasteiger partial charge in [-0.3, -0.25) is 0 Å². The Balaban J connectivity index is 2.02. The molecular weight excluding hydrogens is 223 g/mol. The lowest BCUT2D eigenvalue weighted by Gasteiger charge is -2.21. The third-order valence-corrected chi connectivity index (χ3v) is 2.79. The summed E-state index contributed by atoms with van der Waals surface area (Å²) in [5, 5.41) is 21.4. The smallest absolute Gasteiger partial charge is 0.147 e. The fourth-order valence-electron chi connectivity index (χ4n) is 1.72. The molecule has 5 heteroatoms. The Hall–Kier alpha value is -1.64. The number of hydrogen-bond acceptors (Lipinski definition) is 4. The number of nitrogens with zero attached hydrogens (tertiary/aromatic N) is 1. The Bertz CT molecular complexity index is 450. The number of anilines is 1. The lowest BCUT2D eigenvalue weighted by Crippen LogP contribution is -2.37. The zero-order chi connectivity index (χ0) is 12.3. The van der Waals surface area contributed by atoms with Crippen molar-refractivity contribution in [2.24, 2.45) is 0 Å². The quantitative estimate of drug-likeness (QED) is 0.829. The van der Waals surface area contributed by atoms with Gasteiger partial charge < -0.3 is 15.2 Å². The topological polar surface area (TPSA) is 65.3 Å². The van der Waals surface area contributed by atoms with Gasteiger partial charge in [0.1, 0.15) is 11.4 Å². The van der Waals surface area contributed by atoms with Gasteiger partial charge in [-0.1, -0.05) is 0 Å². The summed E-state index contributed by atoms with van der Waals surface area (Å²) in [6.07, 6.45) is 0.540. The predicted octanol–water partition coefficient (Wildman–Crippen LogP) is 1.26. The SMILES string of the molecule is N#Cc1ccc(NCC2(O)CCOC2)c(F)c1. The first kappa shape index (κ1) is 11.8. The highest BCUT2D eigenvalue weighted by atomic mass is 19.1. The monoisotopic (exact) mass is 236 g/mol. The summed E-state index contributed by atoms with van der Waals surface area (Å²) in [5.74, 6) is -0.494. The maximum atomic E-state index is 13.5. The molecule has 2 rings (SSSR count). The van der Waals surface area contributed by atoms with Crippen LogP contribution in [0.3, 0.4) is 0 Å². The zero-order valence-electron chi connectivity index (χ0n) is 9.24. The van der Waals surface area contributed by atoms with Gasteiger partial charge in [0, 0.05) is 19.6 Å². The van der Waals surface area contributed by atoms with Crippen LogP contribution in [0.15, 0.2) is 18.2 Å². The summed E-state index contributed by atoms with van der Waals surface area (Å²) < 4.78 is 18.6. The van der Waals surface area contributed by atoms with E-state index in [9.17, 15) is 9.50 Å². The molecule has 0 spiro atoms. The number of nitrogens with one attached hydrogen (secondary N) is 1. The van der Waals surface area contributed by atoms with Crippen molar-refractivity contribution in [2.45, 2.75) is 12.0 Å². The second-order valence-electron chi connectivity index (χ2n) is 4.19. The lowest BCUT2D eigenvalue weighted by molar-refractivity contribution is 0.0381. The van der Waals surface area contributed by atoms with Crippen molar-refractivity contribution in [3.05, 3.63) is 29.6 Å². The van der Waals surface area contributed by atoms with Gasteiger partial charge in [0.15, 0.2) is 0 Å². The van der Waals surface area contributed by atoms with Gasteiger partial charge in [-0.25, -0.2) is 4.39 Å². The fraction of sp³-hybridized carbons (Fsp3) is 0.417. The standard InChI is InChI=1S/C12H13FN2O2/c13-10-5-9(6-14)1-2-11(10)15-7-12(16)3-4-17-8-12/h1-2,5,15-16H,3-4,7-8H2. The minimum absolute atomic E-state index is 0.232. The van der Waals surface area contributed by atoms with Gasteiger partial charge in [-0.05, 0) is 18.2 Å². The summed E-state index contributed by atoms with van der Waals surface area (Å²) >= 11 is 0. The molecule has 17 heavy (non-hydrogen) atoms. The van der Waals surface area contributed by atoms with Crippen LogP contribution in [0.25, 0.3) is 0 Å². The minimum atomic E-state index is -0.930. The van der Waals surface area contributed by atoms with E-state index in [0.29, 0.717) is 13.0 Å². The maximum absolute atomic E-state index is 13.5. The minimum Gasteiger partial charge on any atom is -0.386 e. The molecule has 0 amide bonds. The van der Waals surface area contributed by atoms with E-state index < -0.39 is 11.4 Å². The first-order valence-corrected chi connectivity index (χ1v) is 5.37. The van der Waals surface area contributed by atoms with Gasteiger partial charge in [-0.15, -0.1) is 0 Å². The van der Waals surface area contributed by atoms with Crippen LogP contribution in [0.1, 0.15) is 12.0 Å². The van der Waals surface area contributed by atoms with Crippen LogP contribution in [0.5, 0.6) is 0 Å². The van der Waals surface area contributed by atoms with Crippen molar-refractivity contribution in [2.75, 3.05) is 25.1 Å². The van der Waals surface area contributed by atoms with Crippen LogP contribution in [-0.4, -0.2) is 30.5 Å². The molecule has 1 heterocycles. The molecule has 1 fully saturated rings. The van der Waals surface area contributed by atoms with Crippen LogP contribution >= 0.6 is 0 Å². The van der Waals surface area contributed by atoms with Gasteiger partial charge in [-0.2, -0.15) is 5.26 Å². The van der Waals surface area contributed by atoms with Crippen LogP contribution in [0.4, 0.5) is 10.1 Å². The summed E-state index contributed by atoms with van der Waals surface area (Å²) in [7, 11) is 0. The Kier molecular flexibility index (Phi) is 3.27. The van der Waals surface area contributed by atoms with Crippen molar-refractivity contribution < 1.29 is 14.2 Å². The molecule has 0 saturated carbocycles. The van der Waals surface area contributed by atoms with E-state index in [1.54, 1.807) is 0 Å². The molecule has 1 aliphatic rings. The molecule has 1 aromatic carbocycles. The number of ether oxygens (including phenoxy) is 1. The van der Waals surface area contributed by atoms with Gasteiger partial charge >= 0.3 is 0 Å². The van der Waals surface area contributed by atoms with E-state index in [1.165, 1.54) is 12.1 Å². The van der Waals surface area contributed by atoms with E-state index in [4.69, 9.17) is 10.00 Å². The third-order valence-electron chi connectivity index (χ3n) is 2.79. The van der Waals surface area contributed by atoms with E-state index in [-0.39, 0.29) is 24.4 Å². The molecule has 2 N–H and O–H groups in total. The number of rotatable bonds is 3. The second kappa shape index (κ2) is 4.70. The van der Waals surface area contributed by atoms with Crippen LogP contribution in [0.2, 0.25) is 0 Å². The Morgan fingerprint density at radius 3 is 3.00 bits per heavy atom. The van der Waals surface area contributed by atoms with Gasteiger partial charge in [0.25, 0.3) is 0 Å². The number of benzene rings is 1. The Morgan fingerprint density at radius 1 is 1.59 bits per heavy atom. The molecule has 0 radical (unpaired) electrons. The molecule has 0 bridgehead atoms. The molecule has 1 aliphatic heterocycles. The molecule has 90 valence electrons. The van der Waals surface area contributed by atoms with E-state index in [0.717, 1.165) is 6.07 Å². The van der Waals surface area contributed by atoms with E-state index in [1.807, 2.05) is 6.07 Å². The van der Waals surface area contributed by atoms with Crippen molar-refractivity contribution in [1.82, 2.24) is 0 Å². The molecule has 4 nitrogen and oxygen atoms in total. The summed E-state index contributed by atoms with van der Waals surface area (Å²) in [4.78, 5) is 0. The predicted molar refractivity (Wildman–Crippen MR) is 60.0 cm³/mol. The Morgan fingerprint density at radius 2 is 2.41 bits per heavy atom. The van der Waals surface area contributed by atoms with Crippen molar-refractivity contribution in [1.29, 1.82) is 5.26 Å². The molecule has 0 aromatic heterocycles. The first-order valence-electron chi connectivity index (χ1n) is 5.37. The third kappa shape index (κ3) is 2.73. The number of halogens is 1. The molecule has 1 unspecified atom stereocenters. The van der Waals surface area contributed by atoms with E-state index in [2.05, 4.69) is 5.32 Å². The van der Waals surface area contributed by atoms with Crippen molar-refractivity contribution >= 4 is 5.69 Å². The van der Waals surface area contributed by atoms with Gasteiger partial charge in [0.05, 0.1) is 23.9 Å². The number of nitriles is 1. The highest BCUT2D eigenvalue weighted by Crippen LogP contribution is 2.21. The highest BCUT2D eigenvalue weighted by molar-refractivity contribution is 5.49. The second-order valence-corrected chi connectivity index (χ2v) is 4.19. The van der Waals surface area contributed by atoms with E-state index >= 15 is 0 Å². The highest BCUT2D eigenvalue weighted by Gasteiger charge is 2.32. The molecule has 1 saturated heterocycles. The largest absolute Gasteiger partial charge is 0.386 e. The van der Waals surface area contributed by atoms with Crippen LogP contribution < -0.4 is 5.32 Å². The van der Waals surface area contributed by atoms with Crippen LogP contribution in [-0.2, 0) is 4.74 Å². The molecule has 1 aromatic rings. The Labute approximate surface area is 98.6 Å². The molecule has 0 aliphatic carbocycles. The molecular formula is C12H13FN2O2. The maximum Gasteiger partial charge on any atom is 0.147 e. The number of aliphatic hydroxyl groups is 1. The fourth-order valence-corrected chi connectivity index (χ4v) is 1.72. The molecule has 1 atom stereocenters. The van der Waals surface area contributed by atoms with Crippen LogP contribution in [0, 0.1) is 17.1 Å². The number of hydrogen-bond donors (Lipinski definition) is 2. The summed E-state index contributed by atoms with van der Waals surface area (Å²) in [5.41, 5.74) is -0.374. The average molecular weight is 236 g/mol.